The molecule has 1 fully saturated rings. The van der Waals surface area contributed by atoms with E-state index < -0.39 is 5.60 Å². The lowest BCUT2D eigenvalue weighted by atomic mass is 9.79. The average Bonchev–Trinajstić information content (AvgIpc) is 2.36. The number of aromatic nitrogens is 1. The molecule has 0 radical (unpaired) electrons. The van der Waals surface area contributed by atoms with Gasteiger partial charge in [0.25, 0.3) is 0 Å². The minimum absolute atomic E-state index is 0.533. The molecular weight excluding hydrogens is 372 g/mol. The van der Waals surface area contributed by atoms with Crippen LogP contribution in [0.1, 0.15) is 38.3 Å². The van der Waals surface area contributed by atoms with Crippen molar-refractivity contribution in [1.82, 2.24) is 10.3 Å². The summed E-state index contributed by atoms with van der Waals surface area (Å²) in [6.45, 7) is 3.57. The van der Waals surface area contributed by atoms with E-state index in [1.165, 1.54) is 0 Å². The second-order valence-corrected chi connectivity index (χ2v) is 7.36. The molecule has 3 nitrogen and oxygen atoms in total. The molecule has 1 heterocycles. The van der Waals surface area contributed by atoms with Crippen molar-refractivity contribution in [2.45, 2.75) is 44.8 Å². The Morgan fingerprint density at radius 2 is 2.11 bits per heavy atom. The number of rotatable bonds is 4. The van der Waals surface area contributed by atoms with Gasteiger partial charge in [-0.05, 0) is 69.5 Å². The Labute approximate surface area is 131 Å². The highest BCUT2D eigenvalue weighted by atomic mass is 79.9. The molecule has 5 heteroatoms. The van der Waals surface area contributed by atoms with Crippen LogP contribution >= 0.6 is 31.9 Å². The van der Waals surface area contributed by atoms with Crippen LogP contribution in [0.4, 0.5) is 0 Å². The maximum Gasteiger partial charge on any atom is 0.0771 e. The van der Waals surface area contributed by atoms with E-state index in [-0.39, 0.29) is 0 Å². The third-order valence-corrected chi connectivity index (χ3v) is 4.96. The maximum atomic E-state index is 10.5. The van der Waals surface area contributed by atoms with Gasteiger partial charge in [-0.15, -0.1) is 0 Å². The lowest BCUT2D eigenvalue weighted by Crippen LogP contribution is -2.43. The molecule has 0 saturated heterocycles. The van der Waals surface area contributed by atoms with Gasteiger partial charge in [0.1, 0.15) is 0 Å². The second-order valence-electron chi connectivity index (χ2n) is 5.59. The summed E-state index contributed by atoms with van der Waals surface area (Å²) in [6, 6.07) is 1.99. The first-order chi connectivity index (χ1) is 8.98. The van der Waals surface area contributed by atoms with E-state index in [2.05, 4.69) is 49.1 Å². The van der Waals surface area contributed by atoms with Gasteiger partial charge in [-0.25, -0.2) is 0 Å². The fourth-order valence-corrected chi connectivity index (χ4v) is 3.59. The van der Waals surface area contributed by atoms with E-state index in [4.69, 9.17) is 0 Å². The first kappa shape index (κ1) is 15.4. The van der Waals surface area contributed by atoms with Gasteiger partial charge in [-0.3, -0.25) is 4.98 Å². The quantitative estimate of drug-likeness (QED) is 0.823. The molecule has 2 rings (SSSR count). The van der Waals surface area contributed by atoms with Gasteiger partial charge < -0.3 is 10.4 Å². The van der Waals surface area contributed by atoms with E-state index in [1.54, 1.807) is 6.20 Å². The number of nitrogens with zero attached hydrogens (tertiary/aromatic N) is 1. The van der Waals surface area contributed by atoms with Crippen LogP contribution < -0.4 is 5.32 Å². The fraction of sp³-hybridized carbons (Fsp3) is 0.643. The van der Waals surface area contributed by atoms with Crippen LogP contribution in [0.3, 0.4) is 0 Å². The first-order valence-corrected chi connectivity index (χ1v) is 8.30. The Bertz CT molecular complexity index is 431. The smallest absolute Gasteiger partial charge is 0.0771 e. The van der Waals surface area contributed by atoms with E-state index in [9.17, 15) is 5.11 Å². The molecule has 1 saturated carbocycles. The molecule has 1 aliphatic carbocycles. The summed E-state index contributed by atoms with van der Waals surface area (Å²) >= 11 is 6.89. The number of halogens is 2. The van der Waals surface area contributed by atoms with Crippen LogP contribution in [0, 0.1) is 5.92 Å². The molecule has 106 valence electrons. The molecule has 19 heavy (non-hydrogen) atoms. The van der Waals surface area contributed by atoms with Crippen LogP contribution in [0.2, 0.25) is 0 Å². The molecule has 1 aromatic heterocycles. The summed E-state index contributed by atoms with van der Waals surface area (Å²) in [5.74, 6) is 0.752. The Morgan fingerprint density at radius 1 is 1.42 bits per heavy atom. The van der Waals surface area contributed by atoms with Crippen LogP contribution in [0.25, 0.3) is 0 Å². The van der Waals surface area contributed by atoms with Gasteiger partial charge in [-0.1, -0.05) is 6.92 Å². The lowest BCUT2D eigenvalue weighted by Gasteiger charge is -2.35. The molecule has 2 N–H and O–H groups in total. The summed E-state index contributed by atoms with van der Waals surface area (Å²) in [7, 11) is 0. The van der Waals surface area contributed by atoms with Gasteiger partial charge >= 0.3 is 0 Å². The molecule has 0 aromatic carbocycles. The zero-order valence-electron chi connectivity index (χ0n) is 11.1. The number of hydrogen-bond donors (Lipinski definition) is 2. The standard InChI is InChI=1S/C14H20Br2N2O/c1-10-2-4-14(19,5-3-10)9-17-8-13-12(16)6-11(15)7-18-13/h6-7,10,17,19H,2-5,8-9H2,1H3. The van der Waals surface area contributed by atoms with E-state index in [0.717, 1.165) is 46.2 Å². The summed E-state index contributed by atoms with van der Waals surface area (Å²) in [4.78, 5) is 4.36. The topological polar surface area (TPSA) is 45.1 Å². The normalized spacial score (nSPS) is 27.5. The molecule has 0 bridgehead atoms. The van der Waals surface area contributed by atoms with Crippen LogP contribution in [0.15, 0.2) is 21.2 Å². The van der Waals surface area contributed by atoms with Crippen molar-refractivity contribution in [2.75, 3.05) is 6.54 Å². The predicted octanol–water partition coefficient (Wildman–Crippen LogP) is 3.64. The highest BCUT2D eigenvalue weighted by Gasteiger charge is 2.31. The Balaban J connectivity index is 1.83. The zero-order valence-corrected chi connectivity index (χ0v) is 14.3. The summed E-state index contributed by atoms with van der Waals surface area (Å²) in [6.07, 6.45) is 5.84. The molecule has 0 spiro atoms. The Kier molecular flexibility index (Phi) is 5.40. The van der Waals surface area contributed by atoms with Crippen molar-refractivity contribution in [3.05, 3.63) is 26.9 Å². The SMILES string of the molecule is CC1CCC(O)(CNCc2ncc(Br)cc2Br)CC1. The van der Waals surface area contributed by atoms with Crippen molar-refractivity contribution in [1.29, 1.82) is 0 Å². The molecular formula is C14H20Br2N2O. The van der Waals surface area contributed by atoms with E-state index >= 15 is 0 Å². The predicted molar refractivity (Wildman–Crippen MR) is 83.9 cm³/mol. The largest absolute Gasteiger partial charge is 0.389 e. The van der Waals surface area contributed by atoms with Crippen LogP contribution in [0.5, 0.6) is 0 Å². The number of aliphatic hydroxyl groups is 1. The summed E-state index contributed by atoms with van der Waals surface area (Å²) in [5, 5.41) is 13.8. The molecule has 0 aliphatic heterocycles. The number of nitrogens with one attached hydrogen (secondary N) is 1. The lowest BCUT2D eigenvalue weighted by molar-refractivity contribution is -0.00636. The van der Waals surface area contributed by atoms with E-state index in [0.29, 0.717) is 13.1 Å². The second kappa shape index (κ2) is 6.66. The fourth-order valence-electron chi connectivity index (χ4n) is 2.46. The van der Waals surface area contributed by atoms with Crippen molar-refractivity contribution < 1.29 is 5.11 Å². The maximum absolute atomic E-state index is 10.5. The van der Waals surface area contributed by atoms with E-state index in [1.807, 2.05) is 6.07 Å². The third-order valence-electron chi connectivity index (χ3n) is 3.84. The number of hydrogen-bond acceptors (Lipinski definition) is 3. The van der Waals surface area contributed by atoms with Crippen molar-refractivity contribution in [3.63, 3.8) is 0 Å². The molecule has 0 unspecified atom stereocenters. The molecule has 1 aromatic rings. The highest BCUT2D eigenvalue weighted by Crippen LogP contribution is 2.31. The summed E-state index contributed by atoms with van der Waals surface area (Å²) in [5.41, 5.74) is 0.435. The first-order valence-electron chi connectivity index (χ1n) is 6.71. The zero-order chi connectivity index (χ0) is 13.9. The molecule has 1 aliphatic rings. The van der Waals surface area contributed by atoms with Crippen molar-refractivity contribution in [2.24, 2.45) is 5.92 Å². The van der Waals surface area contributed by atoms with Crippen LogP contribution in [-0.2, 0) is 6.54 Å². The third kappa shape index (κ3) is 4.52. The average molecular weight is 392 g/mol. The Hall–Kier alpha value is 0.0300. The van der Waals surface area contributed by atoms with Gasteiger partial charge in [0.05, 0.1) is 11.3 Å². The summed E-state index contributed by atoms with van der Waals surface area (Å²) < 4.78 is 1.95. The van der Waals surface area contributed by atoms with Gasteiger partial charge in [-0.2, -0.15) is 0 Å². The van der Waals surface area contributed by atoms with Crippen molar-refractivity contribution >= 4 is 31.9 Å². The van der Waals surface area contributed by atoms with Gasteiger partial charge in [0, 0.05) is 28.2 Å². The Morgan fingerprint density at radius 3 is 2.74 bits per heavy atom. The minimum Gasteiger partial charge on any atom is -0.389 e. The van der Waals surface area contributed by atoms with Crippen molar-refractivity contribution in [3.8, 4) is 0 Å². The van der Waals surface area contributed by atoms with Gasteiger partial charge in [0.15, 0.2) is 0 Å². The van der Waals surface area contributed by atoms with Gasteiger partial charge in [0.2, 0.25) is 0 Å². The molecule has 0 amide bonds. The minimum atomic E-state index is -0.533. The highest BCUT2D eigenvalue weighted by molar-refractivity contribution is 9.11. The molecule has 0 atom stereocenters. The number of pyridine rings is 1. The monoisotopic (exact) mass is 390 g/mol. The van der Waals surface area contributed by atoms with Crippen LogP contribution in [-0.4, -0.2) is 22.2 Å².